The van der Waals surface area contributed by atoms with Gasteiger partial charge in [0.1, 0.15) is 11.6 Å². The predicted molar refractivity (Wildman–Crippen MR) is 67.4 cm³/mol. The topological polar surface area (TPSA) is 43.8 Å². The lowest BCUT2D eigenvalue weighted by molar-refractivity contribution is 0.397. The minimum Gasteiger partial charge on any atom is -0.384 e. The molecule has 0 spiro atoms. The normalized spacial score (nSPS) is 20.1. The number of rotatable bonds is 3. The molecule has 3 nitrogen and oxygen atoms in total. The van der Waals surface area contributed by atoms with Crippen molar-refractivity contribution in [3.05, 3.63) is 11.5 Å². The first-order valence-corrected chi connectivity index (χ1v) is 6.52. The number of nitrogens with zero attached hydrogens (tertiary/aromatic N) is 2. The zero-order valence-corrected chi connectivity index (χ0v) is 10.7. The van der Waals surface area contributed by atoms with E-state index in [1.165, 1.54) is 12.2 Å². The number of fused-ring (bicyclic) bond motifs is 1. The van der Waals surface area contributed by atoms with Gasteiger partial charge in [0, 0.05) is 18.9 Å². The molecule has 1 aromatic rings. The van der Waals surface area contributed by atoms with Gasteiger partial charge in [-0.1, -0.05) is 20.8 Å². The highest BCUT2D eigenvalue weighted by atomic mass is 15.2. The average molecular weight is 221 g/mol. The standard InChI is InChI=1S/C13H23N3/c1-4-10(5-2)12-13(14)16-8-9(3)6-7-11(16)15-12/h9-10H,4-8,14H2,1-3H3. The van der Waals surface area contributed by atoms with Crippen molar-refractivity contribution >= 4 is 5.82 Å². The van der Waals surface area contributed by atoms with Gasteiger partial charge in [-0.15, -0.1) is 0 Å². The molecular formula is C13H23N3. The fourth-order valence-electron chi connectivity index (χ4n) is 2.68. The van der Waals surface area contributed by atoms with Crippen LogP contribution in [-0.2, 0) is 13.0 Å². The maximum Gasteiger partial charge on any atom is 0.127 e. The van der Waals surface area contributed by atoms with Gasteiger partial charge in [-0.05, 0) is 25.2 Å². The van der Waals surface area contributed by atoms with Crippen LogP contribution in [0.15, 0.2) is 0 Å². The van der Waals surface area contributed by atoms with E-state index in [9.17, 15) is 0 Å². The molecule has 3 heteroatoms. The van der Waals surface area contributed by atoms with Gasteiger partial charge >= 0.3 is 0 Å². The van der Waals surface area contributed by atoms with Crippen molar-refractivity contribution in [3.8, 4) is 0 Å². The maximum absolute atomic E-state index is 6.24. The van der Waals surface area contributed by atoms with E-state index in [-0.39, 0.29) is 0 Å². The maximum atomic E-state index is 6.24. The molecule has 0 radical (unpaired) electrons. The van der Waals surface area contributed by atoms with Crippen molar-refractivity contribution in [2.24, 2.45) is 5.92 Å². The number of nitrogens with two attached hydrogens (primary N) is 1. The fourth-order valence-corrected chi connectivity index (χ4v) is 2.68. The van der Waals surface area contributed by atoms with Gasteiger partial charge in [-0.3, -0.25) is 0 Å². The Morgan fingerprint density at radius 2 is 2.12 bits per heavy atom. The smallest absolute Gasteiger partial charge is 0.127 e. The molecule has 2 rings (SSSR count). The monoisotopic (exact) mass is 221 g/mol. The summed E-state index contributed by atoms with van der Waals surface area (Å²) < 4.78 is 2.24. The molecule has 16 heavy (non-hydrogen) atoms. The van der Waals surface area contributed by atoms with Gasteiger partial charge in [0.15, 0.2) is 0 Å². The van der Waals surface area contributed by atoms with Crippen LogP contribution in [0, 0.1) is 5.92 Å². The van der Waals surface area contributed by atoms with E-state index in [0.717, 1.165) is 43.2 Å². The quantitative estimate of drug-likeness (QED) is 0.852. The summed E-state index contributed by atoms with van der Waals surface area (Å²) in [5.41, 5.74) is 7.39. The number of hydrogen-bond donors (Lipinski definition) is 1. The summed E-state index contributed by atoms with van der Waals surface area (Å²) in [6, 6.07) is 0. The lowest BCUT2D eigenvalue weighted by Gasteiger charge is -2.20. The summed E-state index contributed by atoms with van der Waals surface area (Å²) in [6.07, 6.45) is 4.60. The zero-order chi connectivity index (χ0) is 11.7. The van der Waals surface area contributed by atoms with Crippen LogP contribution in [0.25, 0.3) is 0 Å². The number of hydrogen-bond acceptors (Lipinski definition) is 2. The molecule has 90 valence electrons. The van der Waals surface area contributed by atoms with E-state index in [2.05, 4.69) is 25.3 Å². The van der Waals surface area contributed by atoms with Gasteiger partial charge in [0.2, 0.25) is 0 Å². The number of anilines is 1. The number of aromatic nitrogens is 2. The molecule has 0 aliphatic carbocycles. The zero-order valence-electron chi connectivity index (χ0n) is 10.7. The average Bonchev–Trinajstić information content (AvgIpc) is 2.59. The molecule has 0 saturated carbocycles. The van der Waals surface area contributed by atoms with Crippen LogP contribution in [0.4, 0.5) is 5.82 Å². The largest absolute Gasteiger partial charge is 0.384 e. The molecule has 0 saturated heterocycles. The first kappa shape index (κ1) is 11.5. The Kier molecular flexibility index (Phi) is 3.22. The fraction of sp³-hybridized carbons (Fsp3) is 0.769. The highest BCUT2D eigenvalue weighted by Gasteiger charge is 2.24. The summed E-state index contributed by atoms with van der Waals surface area (Å²) in [6.45, 7) is 7.77. The molecule has 2 heterocycles. The lowest BCUT2D eigenvalue weighted by atomic mass is 9.99. The third-order valence-corrected chi connectivity index (χ3v) is 3.84. The van der Waals surface area contributed by atoms with Crippen LogP contribution in [0.2, 0.25) is 0 Å². The molecule has 1 aliphatic heterocycles. The molecule has 2 N–H and O–H groups in total. The van der Waals surface area contributed by atoms with Crippen LogP contribution >= 0.6 is 0 Å². The lowest BCUT2D eigenvalue weighted by Crippen LogP contribution is -2.19. The van der Waals surface area contributed by atoms with E-state index in [0.29, 0.717) is 5.92 Å². The Morgan fingerprint density at radius 1 is 1.44 bits per heavy atom. The van der Waals surface area contributed by atoms with Crippen molar-refractivity contribution in [2.75, 3.05) is 5.73 Å². The van der Waals surface area contributed by atoms with Gasteiger partial charge in [-0.25, -0.2) is 4.98 Å². The van der Waals surface area contributed by atoms with Crippen LogP contribution in [0.1, 0.15) is 57.5 Å². The number of nitrogen functional groups attached to an aromatic ring is 1. The van der Waals surface area contributed by atoms with Crippen molar-refractivity contribution in [3.63, 3.8) is 0 Å². The van der Waals surface area contributed by atoms with Crippen LogP contribution < -0.4 is 5.73 Å². The molecule has 1 atom stereocenters. The highest BCUT2D eigenvalue weighted by Crippen LogP contribution is 2.31. The molecular weight excluding hydrogens is 198 g/mol. The summed E-state index contributed by atoms with van der Waals surface area (Å²) >= 11 is 0. The third-order valence-electron chi connectivity index (χ3n) is 3.84. The minimum atomic E-state index is 0.536. The van der Waals surface area contributed by atoms with E-state index < -0.39 is 0 Å². The molecule has 0 bridgehead atoms. The molecule has 0 amide bonds. The highest BCUT2D eigenvalue weighted by molar-refractivity contribution is 5.41. The first-order valence-electron chi connectivity index (χ1n) is 6.52. The molecule has 0 aromatic carbocycles. The van der Waals surface area contributed by atoms with Gasteiger partial charge < -0.3 is 10.3 Å². The SMILES string of the molecule is CCC(CC)c1nc2n(c1N)CC(C)CC2. The third kappa shape index (κ3) is 1.83. The Bertz CT molecular complexity index is 363. The second-order valence-corrected chi connectivity index (χ2v) is 5.07. The second-order valence-electron chi connectivity index (χ2n) is 5.07. The Morgan fingerprint density at radius 3 is 2.75 bits per heavy atom. The van der Waals surface area contributed by atoms with Gasteiger partial charge in [0.05, 0.1) is 5.69 Å². The van der Waals surface area contributed by atoms with E-state index in [1.54, 1.807) is 0 Å². The van der Waals surface area contributed by atoms with E-state index in [4.69, 9.17) is 10.7 Å². The van der Waals surface area contributed by atoms with Crippen molar-refractivity contribution in [1.29, 1.82) is 0 Å². The Labute approximate surface area is 98.1 Å². The number of aryl methyl sites for hydroxylation is 1. The van der Waals surface area contributed by atoms with Crippen LogP contribution in [0.3, 0.4) is 0 Å². The Balaban J connectivity index is 2.35. The number of imidazole rings is 1. The molecule has 1 aliphatic rings. The Hall–Kier alpha value is -0.990. The van der Waals surface area contributed by atoms with E-state index >= 15 is 0 Å². The van der Waals surface area contributed by atoms with Crippen LogP contribution in [-0.4, -0.2) is 9.55 Å². The van der Waals surface area contributed by atoms with E-state index in [1.807, 2.05) is 0 Å². The van der Waals surface area contributed by atoms with Gasteiger partial charge in [-0.2, -0.15) is 0 Å². The predicted octanol–water partition coefficient (Wildman–Crippen LogP) is 2.95. The van der Waals surface area contributed by atoms with Crippen LogP contribution in [0.5, 0.6) is 0 Å². The second kappa shape index (κ2) is 4.48. The molecule has 1 unspecified atom stereocenters. The van der Waals surface area contributed by atoms with Crippen molar-refractivity contribution in [2.45, 2.75) is 58.9 Å². The summed E-state index contributed by atoms with van der Waals surface area (Å²) in [5, 5.41) is 0. The molecule has 0 fully saturated rings. The summed E-state index contributed by atoms with van der Waals surface area (Å²) in [5.74, 6) is 3.40. The first-order chi connectivity index (χ1) is 7.67. The molecule has 1 aromatic heterocycles. The summed E-state index contributed by atoms with van der Waals surface area (Å²) in [7, 11) is 0. The van der Waals surface area contributed by atoms with Crippen molar-refractivity contribution in [1.82, 2.24) is 9.55 Å². The van der Waals surface area contributed by atoms with Crippen molar-refractivity contribution < 1.29 is 0 Å². The summed E-state index contributed by atoms with van der Waals surface area (Å²) in [4.78, 5) is 4.76. The minimum absolute atomic E-state index is 0.536. The van der Waals surface area contributed by atoms with Gasteiger partial charge in [0.25, 0.3) is 0 Å².